The highest BCUT2D eigenvalue weighted by Gasteiger charge is 2.18. The average Bonchev–Trinajstić information content (AvgIpc) is 2.65. The van der Waals surface area contributed by atoms with E-state index in [4.69, 9.17) is 0 Å². The van der Waals surface area contributed by atoms with E-state index in [-0.39, 0.29) is 0 Å². The number of anilines is 1. The van der Waals surface area contributed by atoms with E-state index in [1.54, 1.807) is 0 Å². The minimum atomic E-state index is 0.752. The fourth-order valence-corrected chi connectivity index (χ4v) is 3.57. The van der Waals surface area contributed by atoms with E-state index in [9.17, 15) is 0 Å². The molecule has 0 aromatic heterocycles. The molecule has 1 saturated carbocycles. The number of hydrogen-bond acceptors (Lipinski definition) is 3. The number of nitrogens with zero attached hydrogens (tertiary/aromatic N) is 1. The van der Waals surface area contributed by atoms with Gasteiger partial charge in [0.2, 0.25) is 0 Å². The molecular weight excluding hydrogens is 294 g/mol. The monoisotopic (exact) mass is 323 g/mol. The Balaban J connectivity index is 1.56. The van der Waals surface area contributed by atoms with Gasteiger partial charge in [0.05, 0.1) is 0 Å². The first-order chi connectivity index (χ1) is 11.8. The summed E-state index contributed by atoms with van der Waals surface area (Å²) < 4.78 is 0. The van der Waals surface area contributed by atoms with Crippen molar-refractivity contribution in [3.63, 3.8) is 0 Å². The Kier molecular flexibility index (Phi) is 6.27. The lowest BCUT2D eigenvalue weighted by molar-refractivity contribution is 0.184. The first-order valence-corrected chi connectivity index (χ1v) is 9.14. The van der Waals surface area contributed by atoms with Gasteiger partial charge in [-0.05, 0) is 43.1 Å². The molecule has 0 unspecified atom stereocenters. The molecule has 1 aliphatic rings. The third-order valence-electron chi connectivity index (χ3n) is 5.02. The fourth-order valence-electron chi connectivity index (χ4n) is 3.57. The van der Waals surface area contributed by atoms with Crippen LogP contribution in [-0.2, 0) is 13.1 Å². The van der Waals surface area contributed by atoms with Crippen molar-refractivity contribution in [2.45, 2.75) is 51.2 Å². The molecule has 3 nitrogen and oxygen atoms in total. The molecule has 0 saturated heterocycles. The summed E-state index contributed by atoms with van der Waals surface area (Å²) in [6, 6.07) is 19.8. The van der Waals surface area contributed by atoms with Crippen LogP contribution in [-0.4, -0.2) is 18.0 Å². The Morgan fingerprint density at radius 1 is 0.875 bits per heavy atom. The number of rotatable bonds is 7. The van der Waals surface area contributed by atoms with E-state index in [1.165, 1.54) is 43.2 Å². The topological polar surface area (TPSA) is 27.3 Å². The molecule has 128 valence electrons. The second-order valence-corrected chi connectivity index (χ2v) is 6.82. The first kappa shape index (κ1) is 17.0. The number of benzene rings is 2. The summed E-state index contributed by atoms with van der Waals surface area (Å²) in [5, 5.41) is 0. The highest BCUT2D eigenvalue weighted by Crippen LogP contribution is 2.23. The predicted octanol–water partition coefficient (Wildman–Crippen LogP) is 4.57. The Bertz CT molecular complexity index is 605. The van der Waals surface area contributed by atoms with Crippen molar-refractivity contribution in [1.29, 1.82) is 0 Å². The Morgan fingerprint density at radius 3 is 2.29 bits per heavy atom. The van der Waals surface area contributed by atoms with Gasteiger partial charge in [0, 0.05) is 24.8 Å². The molecular formula is C21H29N3. The van der Waals surface area contributed by atoms with Gasteiger partial charge in [0.25, 0.3) is 0 Å². The standard InChI is InChI=1S/C21H29N3/c1-24(21-14-6-3-7-15-21)17-19-11-9-8-10-18(19)16-22-23-20-12-4-2-5-13-20/h2,4-5,8-13,21-23H,3,6-7,14-17H2,1H3. The van der Waals surface area contributed by atoms with Crippen molar-refractivity contribution in [2.75, 3.05) is 12.5 Å². The van der Waals surface area contributed by atoms with Gasteiger partial charge in [0.1, 0.15) is 0 Å². The van der Waals surface area contributed by atoms with Crippen LogP contribution in [0, 0.1) is 0 Å². The molecule has 0 atom stereocenters. The van der Waals surface area contributed by atoms with Gasteiger partial charge in [-0.3, -0.25) is 4.90 Å². The lowest BCUT2D eigenvalue weighted by atomic mass is 9.94. The lowest BCUT2D eigenvalue weighted by Gasteiger charge is -2.31. The van der Waals surface area contributed by atoms with Crippen molar-refractivity contribution < 1.29 is 0 Å². The molecule has 3 heteroatoms. The van der Waals surface area contributed by atoms with Gasteiger partial charge < -0.3 is 5.43 Å². The molecule has 1 aliphatic carbocycles. The second-order valence-electron chi connectivity index (χ2n) is 6.82. The zero-order valence-corrected chi connectivity index (χ0v) is 14.7. The number of nitrogens with one attached hydrogen (secondary N) is 2. The van der Waals surface area contributed by atoms with Crippen molar-refractivity contribution in [3.05, 3.63) is 65.7 Å². The van der Waals surface area contributed by atoms with Gasteiger partial charge >= 0.3 is 0 Å². The van der Waals surface area contributed by atoms with Crippen LogP contribution in [0.3, 0.4) is 0 Å². The van der Waals surface area contributed by atoms with E-state index in [0.717, 1.165) is 24.8 Å². The van der Waals surface area contributed by atoms with Gasteiger partial charge in [-0.2, -0.15) is 0 Å². The minimum absolute atomic E-state index is 0.752. The van der Waals surface area contributed by atoms with Crippen molar-refractivity contribution in [2.24, 2.45) is 0 Å². The fraction of sp³-hybridized carbons (Fsp3) is 0.429. The minimum Gasteiger partial charge on any atom is -0.321 e. The Morgan fingerprint density at radius 2 is 1.54 bits per heavy atom. The number of hydrazine groups is 1. The maximum atomic E-state index is 3.34. The van der Waals surface area contributed by atoms with E-state index in [2.05, 4.69) is 59.2 Å². The van der Waals surface area contributed by atoms with Gasteiger partial charge in [-0.1, -0.05) is 61.7 Å². The molecule has 0 heterocycles. The zero-order chi connectivity index (χ0) is 16.6. The van der Waals surface area contributed by atoms with Crippen LogP contribution in [0.15, 0.2) is 54.6 Å². The van der Waals surface area contributed by atoms with E-state index in [1.807, 2.05) is 18.2 Å². The molecule has 1 fully saturated rings. The lowest BCUT2D eigenvalue weighted by Crippen LogP contribution is -2.33. The van der Waals surface area contributed by atoms with Crippen LogP contribution < -0.4 is 10.9 Å². The largest absolute Gasteiger partial charge is 0.321 e. The van der Waals surface area contributed by atoms with Crippen LogP contribution in [0.4, 0.5) is 5.69 Å². The SMILES string of the molecule is CN(Cc1ccccc1CNNc1ccccc1)C1CCCCC1. The number of para-hydroxylation sites is 1. The Hall–Kier alpha value is -1.84. The molecule has 3 rings (SSSR count). The third kappa shape index (κ3) is 4.83. The quantitative estimate of drug-likeness (QED) is 0.731. The molecule has 0 radical (unpaired) electrons. The van der Waals surface area contributed by atoms with E-state index >= 15 is 0 Å². The van der Waals surface area contributed by atoms with Crippen LogP contribution in [0.1, 0.15) is 43.2 Å². The van der Waals surface area contributed by atoms with Crippen molar-refractivity contribution in [3.8, 4) is 0 Å². The molecule has 0 aliphatic heterocycles. The normalized spacial score (nSPS) is 15.6. The van der Waals surface area contributed by atoms with Gasteiger partial charge in [0.15, 0.2) is 0 Å². The van der Waals surface area contributed by atoms with Crippen LogP contribution >= 0.6 is 0 Å². The molecule has 2 N–H and O–H groups in total. The van der Waals surface area contributed by atoms with Crippen LogP contribution in [0.5, 0.6) is 0 Å². The summed E-state index contributed by atoms with van der Waals surface area (Å²) >= 11 is 0. The maximum absolute atomic E-state index is 3.34. The zero-order valence-electron chi connectivity index (χ0n) is 14.7. The highest BCUT2D eigenvalue weighted by molar-refractivity contribution is 5.41. The van der Waals surface area contributed by atoms with Gasteiger partial charge in [-0.15, -0.1) is 0 Å². The smallest absolute Gasteiger partial charge is 0.0487 e. The summed E-state index contributed by atoms with van der Waals surface area (Å²) in [6.45, 7) is 1.86. The molecule has 24 heavy (non-hydrogen) atoms. The predicted molar refractivity (Wildman–Crippen MR) is 102 cm³/mol. The maximum Gasteiger partial charge on any atom is 0.0487 e. The van der Waals surface area contributed by atoms with Crippen molar-refractivity contribution >= 4 is 5.69 Å². The van der Waals surface area contributed by atoms with Gasteiger partial charge in [-0.25, -0.2) is 5.43 Å². The average molecular weight is 323 g/mol. The summed E-state index contributed by atoms with van der Waals surface area (Å²) in [4.78, 5) is 2.54. The summed E-state index contributed by atoms with van der Waals surface area (Å²) in [5.41, 5.74) is 10.5. The molecule has 0 amide bonds. The van der Waals surface area contributed by atoms with E-state index in [0.29, 0.717) is 0 Å². The summed E-state index contributed by atoms with van der Waals surface area (Å²) in [7, 11) is 2.28. The molecule has 2 aromatic rings. The first-order valence-electron chi connectivity index (χ1n) is 9.14. The Labute approximate surface area is 146 Å². The van der Waals surface area contributed by atoms with Crippen LogP contribution in [0.25, 0.3) is 0 Å². The third-order valence-corrected chi connectivity index (χ3v) is 5.02. The van der Waals surface area contributed by atoms with E-state index < -0.39 is 0 Å². The molecule has 0 spiro atoms. The summed E-state index contributed by atoms with van der Waals surface area (Å²) in [6.07, 6.45) is 6.90. The van der Waals surface area contributed by atoms with Crippen molar-refractivity contribution in [1.82, 2.24) is 10.3 Å². The number of hydrogen-bond donors (Lipinski definition) is 2. The molecule has 2 aromatic carbocycles. The van der Waals surface area contributed by atoms with Crippen LogP contribution in [0.2, 0.25) is 0 Å². The highest BCUT2D eigenvalue weighted by atomic mass is 15.3. The summed E-state index contributed by atoms with van der Waals surface area (Å²) in [5.74, 6) is 0. The molecule has 0 bridgehead atoms. The second kappa shape index (κ2) is 8.86.